The van der Waals surface area contributed by atoms with Crippen LogP contribution in [-0.4, -0.2) is 10.9 Å². The van der Waals surface area contributed by atoms with Gasteiger partial charge in [0.2, 0.25) is 5.56 Å². The second-order valence-corrected chi connectivity index (χ2v) is 4.04. The van der Waals surface area contributed by atoms with Crippen molar-refractivity contribution in [3.63, 3.8) is 0 Å². The van der Waals surface area contributed by atoms with Crippen LogP contribution in [0.1, 0.15) is 21.5 Å². The van der Waals surface area contributed by atoms with Crippen molar-refractivity contribution in [3.05, 3.63) is 63.6 Å². The van der Waals surface area contributed by atoms with E-state index in [1.54, 1.807) is 18.2 Å². The van der Waals surface area contributed by atoms with E-state index in [1.807, 2.05) is 13.0 Å². The maximum absolute atomic E-state index is 12.0. The number of aryl methyl sites for hydroxylation is 1. The van der Waals surface area contributed by atoms with Crippen molar-refractivity contribution in [2.75, 3.05) is 5.32 Å². The summed E-state index contributed by atoms with van der Waals surface area (Å²) in [6.07, 6.45) is 1.35. The Bertz CT molecular complexity index is 706. The lowest BCUT2D eigenvalue weighted by Gasteiger charge is -2.08. The Morgan fingerprint density at radius 2 is 2.11 bits per heavy atom. The van der Waals surface area contributed by atoms with Crippen molar-refractivity contribution in [1.29, 1.82) is 5.26 Å². The van der Waals surface area contributed by atoms with Crippen LogP contribution in [0.2, 0.25) is 0 Å². The molecule has 0 bridgehead atoms. The van der Waals surface area contributed by atoms with E-state index in [1.165, 1.54) is 18.3 Å². The van der Waals surface area contributed by atoms with Crippen molar-refractivity contribution in [2.24, 2.45) is 0 Å². The average Bonchev–Trinajstić information content (AvgIpc) is 2.42. The van der Waals surface area contributed by atoms with Crippen LogP contribution in [0.4, 0.5) is 5.69 Å². The molecule has 5 nitrogen and oxygen atoms in total. The van der Waals surface area contributed by atoms with Crippen molar-refractivity contribution in [1.82, 2.24) is 4.98 Å². The molecule has 1 amide bonds. The predicted octanol–water partition coefficient (Wildman–Crippen LogP) is 1.81. The summed E-state index contributed by atoms with van der Waals surface area (Å²) >= 11 is 0. The van der Waals surface area contributed by atoms with E-state index in [0.29, 0.717) is 16.8 Å². The normalized spacial score (nSPS) is 9.68. The highest BCUT2D eigenvalue weighted by molar-refractivity contribution is 6.04. The van der Waals surface area contributed by atoms with Gasteiger partial charge in [0, 0.05) is 18.0 Å². The van der Waals surface area contributed by atoms with Crippen molar-refractivity contribution >= 4 is 11.6 Å². The molecule has 0 spiro atoms. The quantitative estimate of drug-likeness (QED) is 0.855. The molecule has 19 heavy (non-hydrogen) atoms. The fourth-order valence-corrected chi connectivity index (χ4v) is 1.57. The highest BCUT2D eigenvalue weighted by atomic mass is 16.1. The van der Waals surface area contributed by atoms with Crippen LogP contribution in [0.15, 0.2) is 41.3 Å². The van der Waals surface area contributed by atoms with Gasteiger partial charge in [0.15, 0.2) is 0 Å². The first-order valence-corrected chi connectivity index (χ1v) is 5.61. The van der Waals surface area contributed by atoms with Crippen molar-refractivity contribution in [2.45, 2.75) is 6.92 Å². The number of hydrogen-bond donors (Lipinski definition) is 2. The number of carbonyl (C=O) groups excluding carboxylic acids is 1. The number of benzene rings is 1. The van der Waals surface area contributed by atoms with Gasteiger partial charge in [-0.05, 0) is 30.7 Å². The summed E-state index contributed by atoms with van der Waals surface area (Å²) in [6.45, 7) is 1.84. The van der Waals surface area contributed by atoms with Gasteiger partial charge in [-0.1, -0.05) is 6.07 Å². The number of aromatic nitrogens is 1. The maximum atomic E-state index is 12.0. The molecule has 2 aromatic rings. The number of anilines is 1. The number of rotatable bonds is 2. The first-order valence-electron chi connectivity index (χ1n) is 5.61. The summed E-state index contributed by atoms with van der Waals surface area (Å²) in [5.41, 5.74) is 2.00. The van der Waals surface area contributed by atoms with Gasteiger partial charge >= 0.3 is 0 Å². The number of nitriles is 1. The number of amides is 1. The van der Waals surface area contributed by atoms with Crippen LogP contribution in [0, 0.1) is 18.3 Å². The number of nitrogens with one attached hydrogen (secondary N) is 2. The molecule has 0 aliphatic carbocycles. The zero-order chi connectivity index (χ0) is 13.8. The van der Waals surface area contributed by atoms with Gasteiger partial charge in [0.05, 0.1) is 17.2 Å². The smallest absolute Gasteiger partial charge is 0.257 e. The standard InChI is InChI=1S/C14H11N3O2/c1-9-2-3-10(7-15)6-12(9)17-14(19)11-4-5-13(18)16-8-11/h2-6,8H,1H3,(H,16,18)(H,17,19). The predicted molar refractivity (Wildman–Crippen MR) is 70.9 cm³/mol. The van der Waals surface area contributed by atoms with Crippen LogP contribution >= 0.6 is 0 Å². The van der Waals surface area contributed by atoms with Crippen LogP contribution in [0.25, 0.3) is 0 Å². The molecule has 0 radical (unpaired) electrons. The Balaban J connectivity index is 2.26. The second-order valence-electron chi connectivity index (χ2n) is 4.04. The number of aromatic amines is 1. The molecule has 0 saturated carbocycles. The Morgan fingerprint density at radius 3 is 2.74 bits per heavy atom. The average molecular weight is 253 g/mol. The molecule has 0 aliphatic heterocycles. The van der Waals surface area contributed by atoms with E-state index >= 15 is 0 Å². The molecule has 5 heteroatoms. The summed E-state index contributed by atoms with van der Waals surface area (Å²) in [6, 6.07) is 9.80. The van der Waals surface area contributed by atoms with E-state index in [-0.39, 0.29) is 11.5 Å². The lowest BCUT2D eigenvalue weighted by molar-refractivity contribution is 0.102. The third kappa shape index (κ3) is 2.87. The van der Waals surface area contributed by atoms with E-state index < -0.39 is 0 Å². The topological polar surface area (TPSA) is 85.8 Å². The van der Waals surface area contributed by atoms with E-state index in [0.717, 1.165) is 5.56 Å². The van der Waals surface area contributed by atoms with Crippen molar-refractivity contribution < 1.29 is 4.79 Å². The molecule has 1 aromatic heterocycles. The molecular weight excluding hydrogens is 242 g/mol. The lowest BCUT2D eigenvalue weighted by Crippen LogP contribution is -2.15. The van der Waals surface area contributed by atoms with Gasteiger partial charge in [-0.15, -0.1) is 0 Å². The van der Waals surface area contributed by atoms with Gasteiger partial charge in [-0.3, -0.25) is 9.59 Å². The number of carbonyl (C=O) groups is 1. The van der Waals surface area contributed by atoms with Crippen LogP contribution in [-0.2, 0) is 0 Å². The van der Waals surface area contributed by atoms with Crippen molar-refractivity contribution in [3.8, 4) is 6.07 Å². The van der Waals surface area contributed by atoms with E-state index in [9.17, 15) is 9.59 Å². The first kappa shape index (κ1) is 12.6. The zero-order valence-corrected chi connectivity index (χ0v) is 10.2. The second kappa shape index (κ2) is 5.19. The molecule has 1 aromatic carbocycles. The highest BCUT2D eigenvalue weighted by Crippen LogP contribution is 2.17. The van der Waals surface area contributed by atoms with Gasteiger partial charge < -0.3 is 10.3 Å². The summed E-state index contributed by atoms with van der Waals surface area (Å²) in [5, 5.41) is 11.5. The van der Waals surface area contributed by atoms with Gasteiger partial charge in [0.25, 0.3) is 5.91 Å². The Hall–Kier alpha value is -2.87. The number of nitrogens with zero attached hydrogens (tertiary/aromatic N) is 1. The maximum Gasteiger partial charge on any atom is 0.257 e. The van der Waals surface area contributed by atoms with Crippen LogP contribution in [0.3, 0.4) is 0 Å². The minimum Gasteiger partial charge on any atom is -0.328 e. The fourth-order valence-electron chi connectivity index (χ4n) is 1.57. The molecule has 0 unspecified atom stereocenters. The number of hydrogen-bond acceptors (Lipinski definition) is 3. The fraction of sp³-hybridized carbons (Fsp3) is 0.0714. The molecule has 0 fully saturated rings. The largest absolute Gasteiger partial charge is 0.328 e. The van der Waals surface area contributed by atoms with Gasteiger partial charge in [-0.2, -0.15) is 5.26 Å². The summed E-state index contributed by atoms with van der Waals surface area (Å²) in [7, 11) is 0. The first-order chi connectivity index (χ1) is 9.10. The molecule has 0 saturated heterocycles. The van der Waals surface area contributed by atoms with E-state index in [2.05, 4.69) is 10.3 Å². The summed E-state index contributed by atoms with van der Waals surface area (Å²) < 4.78 is 0. The summed E-state index contributed by atoms with van der Waals surface area (Å²) in [4.78, 5) is 25.3. The lowest BCUT2D eigenvalue weighted by atomic mass is 10.1. The number of H-pyrrole nitrogens is 1. The third-order valence-corrected chi connectivity index (χ3v) is 2.66. The molecule has 1 heterocycles. The monoisotopic (exact) mass is 253 g/mol. The van der Waals surface area contributed by atoms with Crippen LogP contribution in [0.5, 0.6) is 0 Å². The Kier molecular flexibility index (Phi) is 3.44. The SMILES string of the molecule is Cc1ccc(C#N)cc1NC(=O)c1ccc(=O)[nH]c1. The van der Waals surface area contributed by atoms with Gasteiger partial charge in [-0.25, -0.2) is 0 Å². The Morgan fingerprint density at radius 1 is 1.32 bits per heavy atom. The van der Waals surface area contributed by atoms with Gasteiger partial charge in [0.1, 0.15) is 0 Å². The zero-order valence-electron chi connectivity index (χ0n) is 10.2. The van der Waals surface area contributed by atoms with E-state index in [4.69, 9.17) is 5.26 Å². The molecule has 0 atom stereocenters. The minimum absolute atomic E-state index is 0.265. The molecule has 2 rings (SSSR count). The highest BCUT2D eigenvalue weighted by Gasteiger charge is 2.08. The molecule has 0 aliphatic rings. The Labute approximate surface area is 109 Å². The third-order valence-electron chi connectivity index (χ3n) is 2.66. The molecule has 94 valence electrons. The number of pyridine rings is 1. The minimum atomic E-state index is -0.338. The summed E-state index contributed by atoms with van der Waals surface area (Å²) in [5.74, 6) is -0.338. The van der Waals surface area contributed by atoms with Crippen LogP contribution < -0.4 is 10.9 Å². The molecular formula is C14H11N3O2. The molecule has 2 N–H and O–H groups in total.